The lowest BCUT2D eigenvalue weighted by Crippen LogP contribution is -2.36. The zero-order valence-electron chi connectivity index (χ0n) is 11.2. The average molecular weight is 319 g/mol. The highest BCUT2D eigenvalue weighted by Crippen LogP contribution is 2.30. The summed E-state index contributed by atoms with van der Waals surface area (Å²) in [6, 6.07) is 10.6. The minimum atomic E-state index is 0.620. The van der Waals surface area contributed by atoms with Crippen molar-refractivity contribution in [1.29, 1.82) is 0 Å². The van der Waals surface area contributed by atoms with Crippen molar-refractivity contribution in [3.05, 3.63) is 36.5 Å². The number of rotatable bonds is 2. The number of fused-ring (bicyclic) bond motifs is 1. The summed E-state index contributed by atoms with van der Waals surface area (Å²) in [4.78, 5) is 7.67. The summed E-state index contributed by atoms with van der Waals surface area (Å²) in [5.41, 5.74) is 0. The molecule has 1 unspecified atom stereocenters. The molecular formula is C16H19BrN2. The van der Waals surface area contributed by atoms with E-state index in [0.717, 1.165) is 24.8 Å². The Morgan fingerprint density at radius 3 is 2.68 bits per heavy atom. The molecular weight excluding hydrogens is 300 g/mol. The number of alkyl halides is 1. The van der Waals surface area contributed by atoms with Crippen LogP contribution in [0.15, 0.2) is 36.5 Å². The van der Waals surface area contributed by atoms with Crippen LogP contribution in [0.4, 0.5) is 5.82 Å². The van der Waals surface area contributed by atoms with Gasteiger partial charge in [0.15, 0.2) is 0 Å². The molecule has 3 rings (SSSR count). The second-order valence-corrected chi connectivity index (χ2v) is 6.80. The first kappa shape index (κ1) is 12.9. The third-order valence-corrected chi connectivity index (χ3v) is 4.89. The van der Waals surface area contributed by atoms with Gasteiger partial charge in [0.05, 0.1) is 0 Å². The first-order chi connectivity index (χ1) is 9.25. The number of nitrogens with zero attached hydrogens (tertiary/aromatic N) is 2. The standard InChI is InChI=1S/C16H19BrN2/c1-12(17)13-7-10-19(11-8-13)16-15-5-3-2-4-14(15)6-9-18-16/h2-6,9,12-13H,7-8,10-11H2,1H3. The van der Waals surface area contributed by atoms with E-state index in [9.17, 15) is 0 Å². The Labute approximate surface area is 123 Å². The van der Waals surface area contributed by atoms with Gasteiger partial charge in [-0.05, 0) is 30.2 Å². The van der Waals surface area contributed by atoms with Crippen molar-refractivity contribution in [3.63, 3.8) is 0 Å². The van der Waals surface area contributed by atoms with Crippen molar-refractivity contribution in [2.24, 2.45) is 5.92 Å². The molecule has 0 spiro atoms. The van der Waals surface area contributed by atoms with E-state index in [1.165, 1.54) is 23.6 Å². The average Bonchev–Trinajstić information content (AvgIpc) is 2.47. The van der Waals surface area contributed by atoms with Crippen LogP contribution in [0.2, 0.25) is 0 Å². The normalized spacial score (nSPS) is 18.7. The minimum Gasteiger partial charge on any atom is -0.356 e. The van der Waals surface area contributed by atoms with E-state index in [1.807, 2.05) is 6.20 Å². The Balaban J connectivity index is 1.86. The van der Waals surface area contributed by atoms with Crippen molar-refractivity contribution in [2.75, 3.05) is 18.0 Å². The smallest absolute Gasteiger partial charge is 0.136 e. The lowest BCUT2D eigenvalue weighted by molar-refractivity contribution is 0.406. The van der Waals surface area contributed by atoms with Crippen LogP contribution in [0.25, 0.3) is 10.8 Å². The summed E-state index contributed by atoms with van der Waals surface area (Å²) >= 11 is 3.72. The largest absolute Gasteiger partial charge is 0.356 e. The zero-order valence-corrected chi connectivity index (χ0v) is 12.8. The van der Waals surface area contributed by atoms with E-state index in [4.69, 9.17) is 0 Å². The second-order valence-electron chi connectivity index (χ2n) is 5.36. The topological polar surface area (TPSA) is 16.1 Å². The molecule has 1 aliphatic heterocycles. The molecule has 1 aliphatic rings. The summed E-state index contributed by atoms with van der Waals surface area (Å²) in [6.45, 7) is 4.49. The number of anilines is 1. The van der Waals surface area contributed by atoms with Crippen LogP contribution in [0.5, 0.6) is 0 Å². The molecule has 19 heavy (non-hydrogen) atoms. The van der Waals surface area contributed by atoms with Crippen LogP contribution in [-0.2, 0) is 0 Å². The molecule has 2 aromatic rings. The van der Waals surface area contributed by atoms with Gasteiger partial charge >= 0.3 is 0 Å². The third kappa shape index (κ3) is 2.62. The molecule has 0 saturated carbocycles. The van der Waals surface area contributed by atoms with Gasteiger partial charge in [-0.15, -0.1) is 0 Å². The lowest BCUT2D eigenvalue weighted by atomic mass is 9.94. The van der Waals surface area contributed by atoms with Crippen molar-refractivity contribution in [3.8, 4) is 0 Å². The number of pyridine rings is 1. The molecule has 2 heterocycles. The van der Waals surface area contributed by atoms with Gasteiger partial charge in [-0.2, -0.15) is 0 Å². The fraction of sp³-hybridized carbons (Fsp3) is 0.438. The minimum absolute atomic E-state index is 0.620. The highest BCUT2D eigenvalue weighted by atomic mass is 79.9. The maximum atomic E-state index is 4.61. The quantitative estimate of drug-likeness (QED) is 0.770. The molecule has 0 N–H and O–H groups in total. The van der Waals surface area contributed by atoms with Crippen LogP contribution < -0.4 is 4.90 Å². The van der Waals surface area contributed by atoms with Gasteiger partial charge in [-0.3, -0.25) is 0 Å². The first-order valence-corrected chi connectivity index (χ1v) is 7.90. The highest BCUT2D eigenvalue weighted by molar-refractivity contribution is 9.09. The SMILES string of the molecule is CC(Br)C1CCN(c2nccc3ccccc23)CC1. The highest BCUT2D eigenvalue weighted by Gasteiger charge is 2.23. The van der Waals surface area contributed by atoms with Gasteiger partial charge in [-0.25, -0.2) is 4.98 Å². The second kappa shape index (κ2) is 5.49. The summed E-state index contributed by atoms with van der Waals surface area (Å²) in [6.07, 6.45) is 4.42. The van der Waals surface area contributed by atoms with E-state index in [-0.39, 0.29) is 0 Å². The maximum absolute atomic E-state index is 4.61. The fourth-order valence-corrected chi connectivity index (χ4v) is 3.45. The Bertz CT molecular complexity index is 554. The van der Waals surface area contributed by atoms with Gasteiger partial charge in [0.2, 0.25) is 0 Å². The van der Waals surface area contributed by atoms with Crippen LogP contribution in [0.3, 0.4) is 0 Å². The fourth-order valence-electron chi connectivity index (χ4n) is 2.93. The molecule has 1 fully saturated rings. The Morgan fingerprint density at radius 2 is 1.95 bits per heavy atom. The number of hydrogen-bond donors (Lipinski definition) is 0. The molecule has 0 aliphatic carbocycles. The first-order valence-electron chi connectivity index (χ1n) is 6.98. The van der Waals surface area contributed by atoms with Gasteiger partial charge in [0.25, 0.3) is 0 Å². The van der Waals surface area contributed by atoms with Crippen molar-refractivity contribution in [2.45, 2.75) is 24.6 Å². The maximum Gasteiger partial charge on any atom is 0.136 e. The van der Waals surface area contributed by atoms with Crippen LogP contribution in [-0.4, -0.2) is 22.9 Å². The van der Waals surface area contributed by atoms with E-state index < -0.39 is 0 Å². The van der Waals surface area contributed by atoms with Gasteiger partial charge in [-0.1, -0.05) is 47.1 Å². The van der Waals surface area contributed by atoms with Gasteiger partial charge in [0, 0.05) is 29.5 Å². The monoisotopic (exact) mass is 318 g/mol. The molecule has 0 amide bonds. The van der Waals surface area contributed by atoms with Crippen LogP contribution in [0, 0.1) is 5.92 Å². The summed E-state index contributed by atoms with van der Waals surface area (Å²) in [5, 5.41) is 2.55. The van der Waals surface area contributed by atoms with Crippen LogP contribution >= 0.6 is 15.9 Å². The molecule has 0 bridgehead atoms. The van der Waals surface area contributed by atoms with Crippen molar-refractivity contribution >= 4 is 32.5 Å². The number of benzene rings is 1. The van der Waals surface area contributed by atoms with Crippen molar-refractivity contribution in [1.82, 2.24) is 4.98 Å². The van der Waals surface area contributed by atoms with Gasteiger partial charge in [0.1, 0.15) is 5.82 Å². The predicted molar refractivity (Wildman–Crippen MR) is 85.1 cm³/mol. The Kier molecular flexibility index (Phi) is 3.74. The summed E-state index contributed by atoms with van der Waals surface area (Å²) in [5.74, 6) is 1.95. The molecule has 1 aromatic heterocycles. The Hall–Kier alpha value is -1.09. The van der Waals surface area contributed by atoms with Crippen molar-refractivity contribution < 1.29 is 0 Å². The van der Waals surface area contributed by atoms with Gasteiger partial charge < -0.3 is 4.90 Å². The number of hydrogen-bond acceptors (Lipinski definition) is 2. The molecule has 3 heteroatoms. The predicted octanol–water partition coefficient (Wildman–Crippen LogP) is 4.23. The van der Waals surface area contributed by atoms with E-state index in [1.54, 1.807) is 0 Å². The molecule has 1 aromatic carbocycles. The van der Waals surface area contributed by atoms with E-state index in [2.05, 4.69) is 63.1 Å². The third-order valence-electron chi connectivity index (χ3n) is 4.14. The molecule has 100 valence electrons. The molecule has 1 atom stereocenters. The van der Waals surface area contributed by atoms with E-state index in [0.29, 0.717) is 4.83 Å². The molecule has 1 saturated heterocycles. The number of aromatic nitrogens is 1. The Morgan fingerprint density at radius 1 is 1.21 bits per heavy atom. The van der Waals surface area contributed by atoms with Crippen LogP contribution in [0.1, 0.15) is 19.8 Å². The van der Waals surface area contributed by atoms with E-state index >= 15 is 0 Å². The lowest BCUT2D eigenvalue weighted by Gasteiger charge is -2.34. The summed E-state index contributed by atoms with van der Waals surface area (Å²) < 4.78 is 0. The zero-order chi connectivity index (χ0) is 13.2. The number of piperidine rings is 1. The molecule has 0 radical (unpaired) electrons. The summed E-state index contributed by atoms with van der Waals surface area (Å²) in [7, 11) is 0. The molecule has 2 nitrogen and oxygen atoms in total. The number of halogens is 1.